The van der Waals surface area contributed by atoms with E-state index in [4.69, 9.17) is 14.2 Å². The van der Waals surface area contributed by atoms with Crippen LogP contribution in [0.3, 0.4) is 0 Å². The van der Waals surface area contributed by atoms with E-state index in [9.17, 15) is 35.1 Å². The largest absolute Gasteiger partial charge is 0.394 e. The zero-order chi connectivity index (χ0) is 21.2. The Morgan fingerprint density at radius 2 is 1.50 bits per heavy atom. The number of carbonyl (C=O) groups excluding carboxylic acids is 2. The molecule has 2 saturated heterocycles. The molecule has 0 bridgehead atoms. The van der Waals surface area contributed by atoms with Crippen LogP contribution in [-0.4, -0.2) is 105 Å². The van der Waals surface area contributed by atoms with E-state index in [0.29, 0.717) is 0 Å². The monoisotopic (exact) mass is 408 g/mol. The van der Waals surface area contributed by atoms with Crippen LogP contribution in [0.1, 0.15) is 20.8 Å². The summed E-state index contributed by atoms with van der Waals surface area (Å²) in [4.78, 5) is 23.2. The summed E-state index contributed by atoms with van der Waals surface area (Å²) in [6.45, 7) is 3.39. The van der Waals surface area contributed by atoms with Crippen LogP contribution in [0.2, 0.25) is 0 Å². The molecule has 0 aromatic carbocycles. The van der Waals surface area contributed by atoms with Crippen LogP contribution in [0.25, 0.3) is 0 Å². The molecule has 12 heteroatoms. The standard InChI is InChI=1S/C16H28N2O10/c1-5-9(17-6(2)20)14(10(15(25)26-5)18-7(3)21)28-16-13(24)12(23)11(22)8(4-19)27-16/h5,8-16,19,22-25H,4H2,1-3H3,(H,17,20)(H,18,21)/t5-,8-,9-,10-,11-,12+,13-,14+,15+,16-/m1/s1. The molecular weight excluding hydrogens is 380 g/mol. The number of aliphatic hydroxyl groups excluding tert-OH is 5. The van der Waals surface area contributed by atoms with Gasteiger partial charge in [0.1, 0.15) is 36.6 Å². The van der Waals surface area contributed by atoms with Gasteiger partial charge in [-0.15, -0.1) is 0 Å². The van der Waals surface area contributed by atoms with E-state index in [2.05, 4.69) is 10.6 Å². The SMILES string of the molecule is CC(=O)N[C@@H]1[C@@H](O[C@H]2O[C@H](CO)[C@@H](O)[C@H](O)[C@H]2O)[C@H](NC(C)=O)[C@@H](C)O[C@@H]1O. The molecule has 0 saturated carbocycles. The van der Waals surface area contributed by atoms with Crippen molar-refractivity contribution in [2.24, 2.45) is 0 Å². The van der Waals surface area contributed by atoms with Crippen molar-refractivity contribution in [3.05, 3.63) is 0 Å². The average molecular weight is 408 g/mol. The van der Waals surface area contributed by atoms with E-state index >= 15 is 0 Å². The van der Waals surface area contributed by atoms with E-state index in [1.165, 1.54) is 13.8 Å². The van der Waals surface area contributed by atoms with Gasteiger partial charge in [-0.3, -0.25) is 9.59 Å². The Bertz CT molecular complexity index is 534. The van der Waals surface area contributed by atoms with Gasteiger partial charge in [0.05, 0.1) is 18.8 Å². The van der Waals surface area contributed by atoms with Crippen molar-refractivity contribution in [2.45, 2.75) is 82.1 Å². The number of hydrogen-bond donors (Lipinski definition) is 7. The van der Waals surface area contributed by atoms with Gasteiger partial charge in [-0.2, -0.15) is 0 Å². The van der Waals surface area contributed by atoms with Gasteiger partial charge in [0.15, 0.2) is 12.6 Å². The molecule has 0 aliphatic carbocycles. The second kappa shape index (κ2) is 9.41. The van der Waals surface area contributed by atoms with Gasteiger partial charge in [0.25, 0.3) is 0 Å². The normalized spacial score (nSPS) is 44.0. The molecule has 2 fully saturated rings. The Labute approximate surface area is 161 Å². The number of aliphatic hydroxyl groups is 5. The van der Waals surface area contributed by atoms with Gasteiger partial charge in [0, 0.05) is 13.8 Å². The van der Waals surface area contributed by atoms with E-state index in [-0.39, 0.29) is 0 Å². The molecule has 0 unspecified atom stereocenters. The Kier molecular flexibility index (Phi) is 7.70. The van der Waals surface area contributed by atoms with Crippen molar-refractivity contribution in [3.63, 3.8) is 0 Å². The topological polar surface area (TPSA) is 187 Å². The molecule has 0 radical (unpaired) electrons. The molecule has 2 amide bonds. The van der Waals surface area contributed by atoms with Crippen molar-refractivity contribution in [3.8, 4) is 0 Å². The highest BCUT2D eigenvalue weighted by Gasteiger charge is 2.50. The summed E-state index contributed by atoms with van der Waals surface area (Å²) in [6, 6.07) is -2.00. The lowest BCUT2D eigenvalue weighted by atomic mass is 9.93. The van der Waals surface area contributed by atoms with Gasteiger partial charge < -0.3 is 50.4 Å². The van der Waals surface area contributed by atoms with E-state index in [0.717, 1.165) is 0 Å². The maximum Gasteiger partial charge on any atom is 0.217 e. The van der Waals surface area contributed by atoms with Crippen molar-refractivity contribution in [2.75, 3.05) is 6.61 Å². The Morgan fingerprint density at radius 1 is 0.929 bits per heavy atom. The van der Waals surface area contributed by atoms with Gasteiger partial charge in [-0.05, 0) is 6.92 Å². The summed E-state index contributed by atoms with van der Waals surface area (Å²) in [6.07, 6.45) is -11.0. The highest BCUT2D eigenvalue weighted by Crippen LogP contribution is 2.28. The van der Waals surface area contributed by atoms with Crippen molar-refractivity contribution in [1.82, 2.24) is 10.6 Å². The van der Waals surface area contributed by atoms with Crippen LogP contribution in [0.4, 0.5) is 0 Å². The molecule has 0 spiro atoms. The Balaban J connectivity index is 2.30. The zero-order valence-corrected chi connectivity index (χ0v) is 15.8. The number of rotatable bonds is 5. The van der Waals surface area contributed by atoms with Crippen LogP contribution >= 0.6 is 0 Å². The molecule has 12 nitrogen and oxygen atoms in total. The van der Waals surface area contributed by atoms with Crippen LogP contribution in [0.5, 0.6) is 0 Å². The number of nitrogens with one attached hydrogen (secondary N) is 2. The van der Waals surface area contributed by atoms with Crippen molar-refractivity contribution >= 4 is 11.8 Å². The predicted molar refractivity (Wildman–Crippen MR) is 90.4 cm³/mol. The number of carbonyl (C=O) groups is 2. The zero-order valence-electron chi connectivity index (χ0n) is 15.8. The molecule has 2 heterocycles. The molecule has 0 aromatic heterocycles. The number of amides is 2. The van der Waals surface area contributed by atoms with E-state index in [1.807, 2.05) is 0 Å². The van der Waals surface area contributed by atoms with Crippen LogP contribution in [0.15, 0.2) is 0 Å². The maximum atomic E-state index is 11.6. The van der Waals surface area contributed by atoms with Crippen molar-refractivity contribution in [1.29, 1.82) is 0 Å². The predicted octanol–water partition coefficient (Wildman–Crippen LogP) is -4.08. The lowest BCUT2D eigenvalue weighted by Crippen LogP contribution is -2.69. The first-order valence-corrected chi connectivity index (χ1v) is 8.90. The third-order valence-corrected chi connectivity index (χ3v) is 4.75. The molecular formula is C16H28N2O10. The van der Waals surface area contributed by atoms with Gasteiger partial charge in [0.2, 0.25) is 11.8 Å². The van der Waals surface area contributed by atoms with Gasteiger partial charge >= 0.3 is 0 Å². The smallest absolute Gasteiger partial charge is 0.217 e. The molecule has 10 atom stereocenters. The third kappa shape index (κ3) is 4.96. The first kappa shape index (κ1) is 22.9. The molecule has 0 aromatic rings. The Morgan fingerprint density at radius 3 is 2.04 bits per heavy atom. The van der Waals surface area contributed by atoms with Gasteiger partial charge in [-0.25, -0.2) is 0 Å². The molecule has 162 valence electrons. The second-order valence-corrected chi connectivity index (χ2v) is 6.98. The molecule has 2 rings (SSSR count). The average Bonchev–Trinajstić information content (AvgIpc) is 2.61. The van der Waals surface area contributed by atoms with Gasteiger partial charge in [-0.1, -0.05) is 0 Å². The third-order valence-electron chi connectivity index (χ3n) is 4.75. The minimum absolute atomic E-state index is 0.430. The highest BCUT2D eigenvalue weighted by atomic mass is 16.7. The highest BCUT2D eigenvalue weighted by molar-refractivity contribution is 5.74. The fourth-order valence-corrected chi connectivity index (χ4v) is 3.37. The number of ether oxygens (including phenoxy) is 3. The Hall–Kier alpha value is -1.38. The first-order valence-electron chi connectivity index (χ1n) is 8.90. The maximum absolute atomic E-state index is 11.6. The fraction of sp³-hybridized carbons (Fsp3) is 0.875. The minimum Gasteiger partial charge on any atom is -0.394 e. The summed E-state index contributed by atoms with van der Waals surface area (Å²) in [5.41, 5.74) is 0. The minimum atomic E-state index is -1.69. The second-order valence-electron chi connectivity index (χ2n) is 6.98. The van der Waals surface area contributed by atoms with E-state index < -0.39 is 79.7 Å². The van der Waals surface area contributed by atoms with Crippen LogP contribution < -0.4 is 10.6 Å². The van der Waals surface area contributed by atoms with Crippen LogP contribution in [0, 0.1) is 0 Å². The molecule has 2 aliphatic rings. The molecule has 2 aliphatic heterocycles. The lowest BCUT2D eigenvalue weighted by Gasteiger charge is -2.47. The summed E-state index contributed by atoms with van der Waals surface area (Å²) in [5.74, 6) is -0.938. The summed E-state index contributed by atoms with van der Waals surface area (Å²) in [7, 11) is 0. The molecule has 7 N–H and O–H groups in total. The van der Waals surface area contributed by atoms with Crippen LogP contribution in [-0.2, 0) is 23.8 Å². The number of hydrogen-bond acceptors (Lipinski definition) is 10. The fourth-order valence-electron chi connectivity index (χ4n) is 3.37. The van der Waals surface area contributed by atoms with Crippen molar-refractivity contribution < 1.29 is 49.3 Å². The summed E-state index contributed by atoms with van der Waals surface area (Å²) in [5, 5.41) is 54.6. The quantitative estimate of drug-likeness (QED) is 0.236. The molecule has 28 heavy (non-hydrogen) atoms. The summed E-state index contributed by atoms with van der Waals surface area (Å²) < 4.78 is 16.4. The lowest BCUT2D eigenvalue weighted by molar-refractivity contribution is -0.329. The summed E-state index contributed by atoms with van der Waals surface area (Å²) >= 11 is 0. The first-order chi connectivity index (χ1) is 13.1. The van der Waals surface area contributed by atoms with E-state index in [1.54, 1.807) is 6.92 Å².